The maximum absolute atomic E-state index is 5.59. The number of nitrogens with one attached hydrogen (secondary N) is 1. The molecule has 0 saturated carbocycles. The summed E-state index contributed by atoms with van der Waals surface area (Å²) in [4.78, 5) is 7.06. The maximum atomic E-state index is 5.59. The first-order valence-corrected chi connectivity index (χ1v) is 10.8. The Kier molecular flexibility index (Phi) is 8.21. The van der Waals surface area contributed by atoms with Crippen LogP contribution in [0.3, 0.4) is 0 Å². The van der Waals surface area contributed by atoms with E-state index in [1.807, 2.05) is 7.05 Å². The van der Waals surface area contributed by atoms with Crippen LogP contribution in [0, 0.1) is 11.8 Å². The van der Waals surface area contributed by atoms with Crippen molar-refractivity contribution < 1.29 is 4.74 Å². The van der Waals surface area contributed by atoms with Crippen molar-refractivity contribution in [3.63, 3.8) is 0 Å². The highest BCUT2D eigenvalue weighted by atomic mass is 32.2. The lowest BCUT2D eigenvalue weighted by Gasteiger charge is -2.37. The number of rotatable bonds is 7. The van der Waals surface area contributed by atoms with E-state index >= 15 is 0 Å². The number of guanidine groups is 1. The van der Waals surface area contributed by atoms with E-state index in [0.717, 1.165) is 56.9 Å². The van der Waals surface area contributed by atoms with Gasteiger partial charge in [0.05, 0.1) is 0 Å². The normalized spacial score (nSPS) is 24.6. The Morgan fingerprint density at radius 3 is 2.58 bits per heavy atom. The molecule has 0 amide bonds. The summed E-state index contributed by atoms with van der Waals surface area (Å²) in [6.45, 7) is 12.1. The Morgan fingerprint density at radius 1 is 1.29 bits per heavy atom. The van der Waals surface area contributed by atoms with Crippen LogP contribution in [-0.4, -0.2) is 61.3 Å². The standard InChI is InChI=1S/C19H37N3OS/c1-5-16(6-2)17-8-11-22(14-17)18(20-4)21-15-19(24-7-3)9-12-23-13-10-19/h16-17H,5-15H2,1-4H3,(H,20,21). The van der Waals surface area contributed by atoms with Crippen LogP contribution in [0.1, 0.15) is 52.9 Å². The van der Waals surface area contributed by atoms with Crippen molar-refractivity contribution in [2.45, 2.75) is 57.6 Å². The summed E-state index contributed by atoms with van der Waals surface area (Å²) in [7, 11) is 1.93. The minimum Gasteiger partial charge on any atom is -0.381 e. The summed E-state index contributed by atoms with van der Waals surface area (Å²) in [5, 5.41) is 3.70. The maximum Gasteiger partial charge on any atom is 0.193 e. The van der Waals surface area contributed by atoms with Crippen LogP contribution in [0.25, 0.3) is 0 Å². The van der Waals surface area contributed by atoms with E-state index in [4.69, 9.17) is 4.74 Å². The number of aliphatic imine (C=N–C) groups is 1. The molecular weight excluding hydrogens is 318 g/mol. The van der Waals surface area contributed by atoms with Gasteiger partial charge in [0, 0.05) is 44.6 Å². The highest BCUT2D eigenvalue weighted by molar-refractivity contribution is 8.00. The minimum atomic E-state index is 0.317. The van der Waals surface area contributed by atoms with E-state index in [1.165, 1.54) is 31.6 Å². The summed E-state index contributed by atoms with van der Waals surface area (Å²) in [5.74, 6) is 3.97. The van der Waals surface area contributed by atoms with Crippen LogP contribution >= 0.6 is 11.8 Å². The Hall–Kier alpha value is -0.420. The lowest BCUT2D eigenvalue weighted by atomic mass is 9.87. The van der Waals surface area contributed by atoms with Crippen molar-refractivity contribution in [1.29, 1.82) is 0 Å². The second kappa shape index (κ2) is 9.91. The monoisotopic (exact) mass is 355 g/mol. The van der Waals surface area contributed by atoms with Gasteiger partial charge in [0.25, 0.3) is 0 Å². The van der Waals surface area contributed by atoms with Gasteiger partial charge >= 0.3 is 0 Å². The SMILES string of the molecule is CCSC1(CNC(=NC)N2CCC(C(CC)CC)C2)CCOCC1. The highest BCUT2D eigenvalue weighted by Crippen LogP contribution is 2.35. The number of hydrogen-bond donors (Lipinski definition) is 1. The zero-order valence-electron chi connectivity index (χ0n) is 16.1. The van der Waals surface area contributed by atoms with Gasteiger partial charge < -0.3 is 15.0 Å². The van der Waals surface area contributed by atoms with Gasteiger partial charge in [0.2, 0.25) is 0 Å². The van der Waals surface area contributed by atoms with E-state index < -0.39 is 0 Å². The van der Waals surface area contributed by atoms with E-state index in [1.54, 1.807) is 0 Å². The quantitative estimate of drug-likeness (QED) is 0.559. The van der Waals surface area contributed by atoms with Crippen molar-refractivity contribution in [1.82, 2.24) is 10.2 Å². The minimum absolute atomic E-state index is 0.317. The van der Waals surface area contributed by atoms with E-state index in [0.29, 0.717) is 4.75 Å². The molecule has 1 unspecified atom stereocenters. The molecule has 4 nitrogen and oxygen atoms in total. The number of thioether (sulfide) groups is 1. The molecule has 2 rings (SSSR count). The molecule has 2 fully saturated rings. The number of hydrogen-bond acceptors (Lipinski definition) is 3. The molecule has 140 valence electrons. The van der Waals surface area contributed by atoms with Crippen molar-refractivity contribution >= 4 is 17.7 Å². The zero-order valence-corrected chi connectivity index (χ0v) is 17.0. The largest absolute Gasteiger partial charge is 0.381 e. The van der Waals surface area contributed by atoms with E-state index in [2.05, 4.69) is 47.7 Å². The summed E-state index contributed by atoms with van der Waals surface area (Å²) in [5.41, 5.74) is 0. The Balaban J connectivity index is 1.90. The molecule has 1 N–H and O–H groups in total. The fraction of sp³-hybridized carbons (Fsp3) is 0.947. The Bertz CT molecular complexity index is 387. The Labute approximate surface area is 153 Å². The van der Waals surface area contributed by atoms with Gasteiger partial charge in [-0.2, -0.15) is 11.8 Å². The van der Waals surface area contributed by atoms with Crippen LogP contribution in [0.5, 0.6) is 0 Å². The van der Waals surface area contributed by atoms with Gasteiger partial charge in [-0.25, -0.2) is 0 Å². The lowest BCUT2D eigenvalue weighted by molar-refractivity contribution is 0.0780. The third kappa shape index (κ3) is 5.04. The molecular formula is C19H37N3OS. The predicted octanol–water partition coefficient (Wildman–Crippen LogP) is 3.62. The van der Waals surface area contributed by atoms with Gasteiger partial charge in [-0.05, 0) is 36.9 Å². The van der Waals surface area contributed by atoms with Crippen LogP contribution in [-0.2, 0) is 4.74 Å². The molecule has 2 saturated heterocycles. The van der Waals surface area contributed by atoms with Crippen molar-refractivity contribution in [2.24, 2.45) is 16.8 Å². The average molecular weight is 356 g/mol. The molecule has 0 aromatic heterocycles. The van der Waals surface area contributed by atoms with E-state index in [9.17, 15) is 0 Å². The van der Waals surface area contributed by atoms with Crippen LogP contribution < -0.4 is 5.32 Å². The number of ether oxygens (including phenoxy) is 1. The molecule has 24 heavy (non-hydrogen) atoms. The average Bonchev–Trinajstić information content (AvgIpc) is 3.07. The zero-order chi connectivity index (χ0) is 17.4. The van der Waals surface area contributed by atoms with Gasteiger partial charge in [0.1, 0.15) is 0 Å². The third-order valence-electron chi connectivity index (χ3n) is 5.87. The van der Waals surface area contributed by atoms with Gasteiger partial charge in [-0.3, -0.25) is 4.99 Å². The summed E-state index contributed by atoms with van der Waals surface area (Å²) in [6.07, 6.45) is 6.21. The van der Waals surface area contributed by atoms with Crippen molar-refractivity contribution in [2.75, 3.05) is 45.6 Å². The third-order valence-corrected chi connectivity index (χ3v) is 7.33. The molecule has 2 aliphatic rings. The molecule has 2 aliphatic heterocycles. The number of likely N-dealkylation sites (tertiary alicyclic amines) is 1. The molecule has 2 heterocycles. The molecule has 0 bridgehead atoms. The van der Waals surface area contributed by atoms with Crippen LogP contribution in [0.15, 0.2) is 4.99 Å². The van der Waals surface area contributed by atoms with Gasteiger partial charge in [-0.1, -0.05) is 33.6 Å². The fourth-order valence-electron chi connectivity index (χ4n) is 4.31. The second-order valence-electron chi connectivity index (χ2n) is 7.20. The molecule has 0 aliphatic carbocycles. The fourth-order valence-corrected chi connectivity index (χ4v) is 5.56. The highest BCUT2D eigenvalue weighted by Gasteiger charge is 2.34. The first kappa shape index (κ1) is 19.9. The van der Waals surface area contributed by atoms with Gasteiger partial charge in [-0.15, -0.1) is 0 Å². The van der Waals surface area contributed by atoms with Crippen LogP contribution in [0.2, 0.25) is 0 Å². The summed E-state index contributed by atoms with van der Waals surface area (Å²) < 4.78 is 5.90. The molecule has 5 heteroatoms. The van der Waals surface area contributed by atoms with Crippen molar-refractivity contribution in [3.8, 4) is 0 Å². The van der Waals surface area contributed by atoms with Crippen molar-refractivity contribution in [3.05, 3.63) is 0 Å². The molecule has 0 radical (unpaired) electrons. The lowest BCUT2D eigenvalue weighted by Crippen LogP contribution is -2.49. The number of nitrogens with zero attached hydrogens (tertiary/aromatic N) is 2. The molecule has 1 atom stereocenters. The predicted molar refractivity (Wildman–Crippen MR) is 106 cm³/mol. The second-order valence-corrected chi connectivity index (χ2v) is 8.93. The van der Waals surface area contributed by atoms with E-state index in [-0.39, 0.29) is 0 Å². The topological polar surface area (TPSA) is 36.9 Å². The van der Waals surface area contributed by atoms with Crippen LogP contribution in [0.4, 0.5) is 0 Å². The molecule has 0 aromatic carbocycles. The first-order chi connectivity index (χ1) is 11.7. The Morgan fingerprint density at radius 2 is 2.00 bits per heavy atom. The summed E-state index contributed by atoms with van der Waals surface area (Å²) >= 11 is 2.09. The molecule has 0 spiro atoms. The molecule has 0 aromatic rings. The first-order valence-electron chi connectivity index (χ1n) is 9.85. The van der Waals surface area contributed by atoms with Gasteiger partial charge in [0.15, 0.2) is 5.96 Å². The smallest absolute Gasteiger partial charge is 0.193 e. The summed E-state index contributed by atoms with van der Waals surface area (Å²) in [6, 6.07) is 0.